The van der Waals surface area contributed by atoms with Crippen LogP contribution in [0.1, 0.15) is 29.5 Å². The van der Waals surface area contributed by atoms with Crippen molar-refractivity contribution in [1.29, 1.82) is 0 Å². The molecule has 144 valence electrons. The molecule has 2 aromatic rings. The van der Waals surface area contributed by atoms with Crippen LogP contribution in [0.5, 0.6) is 0 Å². The number of hydrogen-bond donors (Lipinski definition) is 2. The zero-order valence-corrected chi connectivity index (χ0v) is 16.8. The highest BCUT2D eigenvalue weighted by atomic mass is 32.2. The van der Waals surface area contributed by atoms with E-state index in [0.717, 1.165) is 24.3 Å². The summed E-state index contributed by atoms with van der Waals surface area (Å²) in [6.07, 6.45) is 2.65. The number of rotatable bonds is 8. The molecule has 0 bridgehead atoms. The van der Waals surface area contributed by atoms with Crippen molar-refractivity contribution in [3.05, 3.63) is 71.3 Å². The van der Waals surface area contributed by atoms with Crippen molar-refractivity contribution in [3.8, 4) is 0 Å². The molecule has 0 amide bonds. The van der Waals surface area contributed by atoms with Gasteiger partial charge in [0.1, 0.15) is 0 Å². The summed E-state index contributed by atoms with van der Waals surface area (Å²) in [5.41, 5.74) is 3.63. The Morgan fingerprint density at radius 2 is 1.70 bits per heavy atom. The molecule has 0 saturated carbocycles. The summed E-state index contributed by atoms with van der Waals surface area (Å²) in [7, 11) is 1.82. The molecule has 1 aliphatic heterocycles. The van der Waals surface area contributed by atoms with Crippen molar-refractivity contribution >= 4 is 17.7 Å². The van der Waals surface area contributed by atoms with Gasteiger partial charge in [0, 0.05) is 25.4 Å². The van der Waals surface area contributed by atoms with Crippen molar-refractivity contribution in [2.75, 3.05) is 19.3 Å². The third-order valence-corrected chi connectivity index (χ3v) is 6.01. The second-order valence-electron chi connectivity index (χ2n) is 6.74. The fourth-order valence-corrected chi connectivity index (χ4v) is 4.24. The molecule has 0 radical (unpaired) electrons. The van der Waals surface area contributed by atoms with Crippen LogP contribution in [0.15, 0.2) is 59.6 Å². The first-order valence-corrected chi connectivity index (χ1v) is 10.6. The van der Waals surface area contributed by atoms with E-state index in [-0.39, 0.29) is 0 Å². The lowest BCUT2D eigenvalue weighted by Gasteiger charge is -2.15. The molecule has 27 heavy (non-hydrogen) atoms. The number of nitrogens with zero attached hydrogens (tertiary/aromatic N) is 1. The second kappa shape index (κ2) is 11.0. The average Bonchev–Trinajstić information content (AvgIpc) is 3.24. The van der Waals surface area contributed by atoms with Crippen LogP contribution in [0, 0.1) is 0 Å². The lowest BCUT2D eigenvalue weighted by atomic mass is 10.1. The van der Waals surface area contributed by atoms with Crippen LogP contribution in [0.3, 0.4) is 0 Å². The van der Waals surface area contributed by atoms with Gasteiger partial charge in [-0.15, -0.1) is 0 Å². The number of nitrogens with one attached hydrogen (secondary N) is 2. The van der Waals surface area contributed by atoms with Gasteiger partial charge < -0.3 is 15.4 Å². The predicted molar refractivity (Wildman–Crippen MR) is 115 cm³/mol. The molecule has 4 nitrogen and oxygen atoms in total. The maximum atomic E-state index is 5.80. The molecular weight excluding hydrogens is 354 g/mol. The standard InChI is InChI=1S/C22H29N3OS/c1-23-22(25-15-21-8-5-13-27-21)24-14-18-9-11-20(12-10-18)17-26-16-19-6-3-2-4-7-19/h2-4,6-7,9-12,21H,5,8,13-17H2,1H3,(H2,23,24,25). The summed E-state index contributed by atoms with van der Waals surface area (Å²) in [6, 6.07) is 18.8. The number of aliphatic imine (C=N–C) groups is 1. The van der Waals surface area contributed by atoms with Crippen LogP contribution in [-0.2, 0) is 24.5 Å². The van der Waals surface area contributed by atoms with Gasteiger partial charge in [-0.05, 0) is 35.3 Å². The van der Waals surface area contributed by atoms with Crippen LogP contribution in [0.25, 0.3) is 0 Å². The van der Waals surface area contributed by atoms with Gasteiger partial charge in [0.25, 0.3) is 0 Å². The molecule has 2 N–H and O–H groups in total. The van der Waals surface area contributed by atoms with E-state index in [1.54, 1.807) is 0 Å². The zero-order valence-electron chi connectivity index (χ0n) is 16.0. The molecule has 1 fully saturated rings. The molecule has 5 heteroatoms. The maximum Gasteiger partial charge on any atom is 0.191 e. The molecule has 1 unspecified atom stereocenters. The fourth-order valence-electron chi connectivity index (χ4n) is 3.04. The topological polar surface area (TPSA) is 45.7 Å². The normalized spacial score (nSPS) is 17.1. The molecule has 0 spiro atoms. The molecular formula is C22H29N3OS. The van der Waals surface area contributed by atoms with Gasteiger partial charge >= 0.3 is 0 Å². The van der Waals surface area contributed by atoms with Crippen molar-refractivity contribution in [2.24, 2.45) is 4.99 Å². The van der Waals surface area contributed by atoms with Gasteiger partial charge in [-0.3, -0.25) is 4.99 Å². The van der Waals surface area contributed by atoms with E-state index in [9.17, 15) is 0 Å². The lowest BCUT2D eigenvalue weighted by molar-refractivity contribution is 0.107. The minimum absolute atomic E-state index is 0.630. The van der Waals surface area contributed by atoms with E-state index in [2.05, 4.69) is 63.8 Å². The Morgan fingerprint density at radius 3 is 2.37 bits per heavy atom. The van der Waals surface area contributed by atoms with E-state index in [0.29, 0.717) is 13.2 Å². The van der Waals surface area contributed by atoms with Gasteiger partial charge in [-0.2, -0.15) is 11.8 Å². The highest BCUT2D eigenvalue weighted by Gasteiger charge is 2.15. The minimum atomic E-state index is 0.630. The summed E-state index contributed by atoms with van der Waals surface area (Å²) in [5.74, 6) is 2.16. The Kier molecular flexibility index (Phi) is 8.05. The van der Waals surface area contributed by atoms with E-state index >= 15 is 0 Å². The number of hydrogen-bond acceptors (Lipinski definition) is 3. The maximum absolute atomic E-state index is 5.80. The van der Waals surface area contributed by atoms with Crippen molar-refractivity contribution in [2.45, 2.75) is 37.9 Å². The summed E-state index contributed by atoms with van der Waals surface area (Å²) < 4.78 is 5.80. The molecule has 0 aromatic heterocycles. The number of thioether (sulfide) groups is 1. The Bertz CT molecular complexity index is 697. The van der Waals surface area contributed by atoms with Crippen LogP contribution < -0.4 is 10.6 Å². The van der Waals surface area contributed by atoms with E-state index in [4.69, 9.17) is 4.74 Å². The molecule has 1 saturated heterocycles. The van der Waals surface area contributed by atoms with Gasteiger partial charge in [-0.25, -0.2) is 0 Å². The predicted octanol–water partition coefficient (Wildman–Crippen LogP) is 3.96. The first-order valence-electron chi connectivity index (χ1n) is 9.59. The Morgan fingerprint density at radius 1 is 1.00 bits per heavy atom. The quantitative estimate of drug-likeness (QED) is 0.535. The summed E-state index contributed by atoms with van der Waals surface area (Å²) in [5, 5.41) is 7.55. The molecule has 1 aliphatic rings. The van der Waals surface area contributed by atoms with Crippen molar-refractivity contribution in [3.63, 3.8) is 0 Å². The van der Waals surface area contributed by atoms with E-state index in [1.165, 1.54) is 35.3 Å². The zero-order chi connectivity index (χ0) is 18.7. The molecule has 0 aliphatic carbocycles. The monoisotopic (exact) mass is 383 g/mol. The summed E-state index contributed by atoms with van der Waals surface area (Å²) in [6.45, 7) is 3.03. The summed E-state index contributed by atoms with van der Waals surface area (Å²) >= 11 is 2.06. The third-order valence-electron chi connectivity index (χ3n) is 4.61. The third kappa shape index (κ3) is 6.92. The van der Waals surface area contributed by atoms with Gasteiger partial charge in [0.05, 0.1) is 13.2 Å². The number of benzene rings is 2. The summed E-state index contributed by atoms with van der Waals surface area (Å²) in [4.78, 5) is 4.32. The lowest BCUT2D eigenvalue weighted by Crippen LogP contribution is -2.39. The fraction of sp³-hybridized carbons (Fsp3) is 0.409. The van der Waals surface area contributed by atoms with Gasteiger partial charge in [-0.1, -0.05) is 54.6 Å². The average molecular weight is 384 g/mol. The first-order chi connectivity index (χ1) is 13.3. The highest BCUT2D eigenvalue weighted by molar-refractivity contribution is 8.00. The second-order valence-corrected chi connectivity index (χ2v) is 8.14. The minimum Gasteiger partial charge on any atom is -0.372 e. The number of guanidine groups is 1. The Labute approximate surface area is 166 Å². The smallest absolute Gasteiger partial charge is 0.191 e. The Hall–Kier alpha value is -1.98. The van der Waals surface area contributed by atoms with Crippen molar-refractivity contribution in [1.82, 2.24) is 10.6 Å². The Balaban J connectivity index is 1.37. The van der Waals surface area contributed by atoms with Crippen LogP contribution in [0.4, 0.5) is 0 Å². The SMILES string of the molecule is CN=C(NCc1ccc(COCc2ccccc2)cc1)NCC1CCCS1. The van der Waals surface area contributed by atoms with Crippen LogP contribution >= 0.6 is 11.8 Å². The van der Waals surface area contributed by atoms with E-state index < -0.39 is 0 Å². The van der Waals surface area contributed by atoms with E-state index in [1.807, 2.05) is 25.2 Å². The van der Waals surface area contributed by atoms with Gasteiger partial charge in [0.2, 0.25) is 0 Å². The molecule has 1 heterocycles. The molecule has 3 rings (SSSR count). The molecule has 2 aromatic carbocycles. The first kappa shape index (κ1) is 19.8. The number of ether oxygens (including phenoxy) is 1. The highest BCUT2D eigenvalue weighted by Crippen LogP contribution is 2.25. The van der Waals surface area contributed by atoms with Crippen LogP contribution in [0.2, 0.25) is 0 Å². The molecule has 1 atom stereocenters. The largest absolute Gasteiger partial charge is 0.372 e. The van der Waals surface area contributed by atoms with Crippen molar-refractivity contribution < 1.29 is 4.74 Å². The van der Waals surface area contributed by atoms with Gasteiger partial charge in [0.15, 0.2) is 5.96 Å². The van der Waals surface area contributed by atoms with Crippen LogP contribution in [-0.4, -0.2) is 30.6 Å².